The molecule has 0 radical (unpaired) electrons. The van der Waals surface area contributed by atoms with Crippen LogP contribution in [0.25, 0.3) is 0 Å². The molecule has 0 aliphatic carbocycles. The molecule has 0 unspecified atom stereocenters. The van der Waals surface area contributed by atoms with Crippen molar-refractivity contribution >= 4 is 35.8 Å². The molecule has 1 rings (SSSR count). The van der Waals surface area contributed by atoms with E-state index >= 15 is 0 Å². The zero-order valence-electron chi connectivity index (χ0n) is 12.7. The molecule has 0 spiro atoms. The van der Waals surface area contributed by atoms with Crippen molar-refractivity contribution in [3.05, 3.63) is 35.4 Å². The summed E-state index contributed by atoms with van der Waals surface area (Å²) in [5.74, 6) is 0.412. The van der Waals surface area contributed by atoms with Gasteiger partial charge in [0.05, 0.1) is 6.54 Å². The van der Waals surface area contributed by atoms with Crippen LogP contribution in [0.2, 0.25) is 0 Å². The number of nitrogens with zero attached hydrogens (tertiary/aromatic N) is 1. The van der Waals surface area contributed by atoms with Crippen molar-refractivity contribution in [3.63, 3.8) is 0 Å². The maximum absolute atomic E-state index is 11.0. The van der Waals surface area contributed by atoms with Gasteiger partial charge in [0, 0.05) is 18.7 Å². The second-order valence-electron chi connectivity index (χ2n) is 4.54. The molecular formula is C15H25IN4O. The molecule has 1 amide bonds. The van der Waals surface area contributed by atoms with E-state index in [1.54, 1.807) is 12.1 Å². The highest BCUT2D eigenvalue weighted by Crippen LogP contribution is 2.05. The van der Waals surface area contributed by atoms with Crippen molar-refractivity contribution in [1.29, 1.82) is 0 Å². The van der Waals surface area contributed by atoms with Crippen LogP contribution in [0.4, 0.5) is 0 Å². The first kappa shape index (κ1) is 19.7. The predicted molar refractivity (Wildman–Crippen MR) is 98.1 cm³/mol. The van der Waals surface area contributed by atoms with Crippen LogP contribution in [0.1, 0.15) is 42.6 Å². The highest BCUT2D eigenvalue weighted by atomic mass is 127. The molecule has 1 aromatic carbocycles. The Labute approximate surface area is 143 Å². The number of hydrogen-bond donors (Lipinski definition) is 3. The Balaban J connectivity index is 0.00000400. The number of aliphatic imine (C=N–C) groups is 1. The summed E-state index contributed by atoms with van der Waals surface area (Å²) in [5.41, 5.74) is 6.77. The summed E-state index contributed by atoms with van der Waals surface area (Å²) in [6.07, 6.45) is 2.28. The van der Waals surface area contributed by atoms with Crippen molar-refractivity contribution in [2.75, 3.05) is 13.1 Å². The van der Waals surface area contributed by atoms with Crippen LogP contribution in [-0.4, -0.2) is 25.0 Å². The topological polar surface area (TPSA) is 79.5 Å². The Morgan fingerprint density at radius 1 is 1.19 bits per heavy atom. The summed E-state index contributed by atoms with van der Waals surface area (Å²) >= 11 is 0. The first-order valence-electron chi connectivity index (χ1n) is 7.08. The number of hydrogen-bond acceptors (Lipinski definition) is 2. The van der Waals surface area contributed by atoms with Gasteiger partial charge in [-0.2, -0.15) is 0 Å². The second kappa shape index (κ2) is 11.4. The van der Waals surface area contributed by atoms with Gasteiger partial charge < -0.3 is 16.4 Å². The maximum atomic E-state index is 11.0. The highest BCUT2D eigenvalue weighted by Gasteiger charge is 2.00. The van der Waals surface area contributed by atoms with E-state index in [1.807, 2.05) is 19.1 Å². The molecule has 0 fully saturated rings. The van der Waals surface area contributed by atoms with Gasteiger partial charge in [0.15, 0.2) is 5.96 Å². The van der Waals surface area contributed by atoms with E-state index in [0.29, 0.717) is 12.1 Å². The number of nitrogens with one attached hydrogen (secondary N) is 2. The fourth-order valence-electron chi connectivity index (χ4n) is 1.67. The molecule has 0 saturated carbocycles. The number of halogens is 1. The molecule has 0 aliphatic rings. The van der Waals surface area contributed by atoms with Crippen molar-refractivity contribution < 1.29 is 4.79 Å². The monoisotopic (exact) mass is 404 g/mol. The van der Waals surface area contributed by atoms with E-state index in [4.69, 9.17) is 5.73 Å². The van der Waals surface area contributed by atoms with Crippen LogP contribution in [0.3, 0.4) is 0 Å². The lowest BCUT2D eigenvalue weighted by Crippen LogP contribution is -2.37. The number of primary amides is 1. The first-order valence-corrected chi connectivity index (χ1v) is 7.08. The third kappa shape index (κ3) is 7.89. The molecule has 21 heavy (non-hydrogen) atoms. The van der Waals surface area contributed by atoms with Crippen LogP contribution in [0.15, 0.2) is 29.3 Å². The molecule has 5 nitrogen and oxygen atoms in total. The Morgan fingerprint density at radius 2 is 1.86 bits per heavy atom. The van der Waals surface area contributed by atoms with Crippen LogP contribution < -0.4 is 16.4 Å². The van der Waals surface area contributed by atoms with Crippen LogP contribution in [0.5, 0.6) is 0 Å². The smallest absolute Gasteiger partial charge is 0.248 e. The average Bonchev–Trinajstić information content (AvgIpc) is 2.45. The molecular weight excluding hydrogens is 379 g/mol. The Hall–Kier alpha value is -1.31. The minimum atomic E-state index is -0.408. The molecule has 0 aliphatic heterocycles. The van der Waals surface area contributed by atoms with Crippen molar-refractivity contribution in [3.8, 4) is 0 Å². The number of amides is 1. The number of carbonyl (C=O) groups excluding carboxylic acids is 1. The van der Waals surface area contributed by atoms with Crippen LogP contribution >= 0.6 is 24.0 Å². The molecule has 0 saturated heterocycles. The fourth-order valence-corrected chi connectivity index (χ4v) is 1.67. The van der Waals surface area contributed by atoms with Crippen LogP contribution in [-0.2, 0) is 6.54 Å². The molecule has 4 N–H and O–H groups in total. The summed E-state index contributed by atoms with van der Waals surface area (Å²) in [7, 11) is 0. The number of nitrogens with two attached hydrogens (primary N) is 1. The van der Waals surface area contributed by atoms with Crippen molar-refractivity contribution in [2.45, 2.75) is 33.2 Å². The highest BCUT2D eigenvalue weighted by molar-refractivity contribution is 14.0. The summed E-state index contributed by atoms with van der Waals surface area (Å²) in [6.45, 7) is 6.52. The van der Waals surface area contributed by atoms with Gasteiger partial charge in [0.25, 0.3) is 0 Å². The molecule has 0 aromatic heterocycles. The van der Waals surface area contributed by atoms with Gasteiger partial charge in [-0.05, 0) is 31.0 Å². The maximum Gasteiger partial charge on any atom is 0.248 e. The molecule has 1 aromatic rings. The summed E-state index contributed by atoms with van der Waals surface area (Å²) in [6, 6.07) is 7.20. The number of unbranched alkanes of at least 4 members (excludes halogenated alkanes) is 1. The molecule has 0 heterocycles. The van der Waals surface area contributed by atoms with Crippen LogP contribution in [0, 0.1) is 0 Å². The molecule has 0 atom stereocenters. The SMILES string of the molecule is CCCCNC(=NCc1ccc(C(N)=O)cc1)NCC.I. The average molecular weight is 404 g/mol. The fraction of sp³-hybridized carbons (Fsp3) is 0.467. The van der Waals surface area contributed by atoms with E-state index in [2.05, 4.69) is 22.5 Å². The molecule has 6 heteroatoms. The quantitative estimate of drug-likeness (QED) is 0.282. The minimum absolute atomic E-state index is 0. The van der Waals surface area contributed by atoms with Gasteiger partial charge in [-0.25, -0.2) is 4.99 Å². The lowest BCUT2D eigenvalue weighted by molar-refractivity contribution is 0.100. The summed E-state index contributed by atoms with van der Waals surface area (Å²) < 4.78 is 0. The van der Waals surface area contributed by atoms with E-state index in [0.717, 1.165) is 37.5 Å². The molecule has 0 bridgehead atoms. The normalized spacial score (nSPS) is 10.7. The summed E-state index contributed by atoms with van der Waals surface area (Å²) in [4.78, 5) is 15.5. The number of benzene rings is 1. The third-order valence-corrected chi connectivity index (χ3v) is 2.83. The van der Waals surface area contributed by atoms with Gasteiger partial charge in [0.1, 0.15) is 0 Å². The lowest BCUT2D eigenvalue weighted by atomic mass is 10.1. The Morgan fingerprint density at radius 3 is 2.38 bits per heavy atom. The van der Waals surface area contributed by atoms with Gasteiger partial charge in [0.2, 0.25) is 5.91 Å². The van der Waals surface area contributed by atoms with E-state index in [1.165, 1.54) is 0 Å². The largest absolute Gasteiger partial charge is 0.366 e. The lowest BCUT2D eigenvalue weighted by Gasteiger charge is -2.10. The second-order valence-corrected chi connectivity index (χ2v) is 4.54. The summed E-state index contributed by atoms with van der Waals surface area (Å²) in [5, 5.41) is 6.49. The van der Waals surface area contributed by atoms with Crippen molar-refractivity contribution in [2.24, 2.45) is 10.7 Å². The first-order chi connectivity index (χ1) is 9.67. The Bertz CT molecular complexity index is 445. The standard InChI is InChI=1S/C15H24N4O.HI/c1-3-5-10-18-15(17-4-2)19-11-12-6-8-13(9-7-12)14(16)20;/h6-9H,3-5,10-11H2,1-2H3,(H2,16,20)(H2,17,18,19);1H. The number of rotatable bonds is 7. The van der Waals surface area contributed by atoms with Gasteiger partial charge in [-0.15, -0.1) is 24.0 Å². The Kier molecular flexibility index (Phi) is 10.7. The predicted octanol–water partition coefficient (Wildman–Crippen LogP) is 2.26. The van der Waals surface area contributed by atoms with E-state index in [-0.39, 0.29) is 24.0 Å². The van der Waals surface area contributed by atoms with Crippen molar-refractivity contribution in [1.82, 2.24) is 10.6 Å². The third-order valence-electron chi connectivity index (χ3n) is 2.83. The zero-order chi connectivity index (χ0) is 14.8. The molecule has 118 valence electrons. The van der Waals surface area contributed by atoms with Gasteiger partial charge in [-0.3, -0.25) is 4.79 Å². The number of carbonyl (C=O) groups is 1. The number of guanidine groups is 1. The van der Waals surface area contributed by atoms with E-state index in [9.17, 15) is 4.79 Å². The zero-order valence-corrected chi connectivity index (χ0v) is 15.0. The van der Waals surface area contributed by atoms with Gasteiger partial charge >= 0.3 is 0 Å². The van der Waals surface area contributed by atoms with Gasteiger partial charge in [-0.1, -0.05) is 25.5 Å². The van der Waals surface area contributed by atoms with E-state index < -0.39 is 5.91 Å². The minimum Gasteiger partial charge on any atom is -0.366 e.